The van der Waals surface area contributed by atoms with Crippen LogP contribution in [0.1, 0.15) is 0 Å². The van der Waals surface area contributed by atoms with Gasteiger partial charge in [-0.05, 0) is 7.05 Å². The number of rotatable bonds is 6. The molecule has 0 unspecified atom stereocenters. The largest absolute Gasteiger partial charge is 0.368 e. The van der Waals surface area contributed by atoms with Crippen LogP contribution in [0.4, 0.5) is 17.8 Å². The van der Waals surface area contributed by atoms with Crippen LogP contribution in [0.3, 0.4) is 0 Å². The lowest BCUT2D eigenvalue weighted by Crippen LogP contribution is -2.30. The van der Waals surface area contributed by atoms with Gasteiger partial charge in [0, 0.05) is 26.2 Å². The maximum absolute atomic E-state index is 5.43. The fourth-order valence-electron chi connectivity index (χ4n) is 1.18. The lowest BCUT2D eigenvalue weighted by atomic mass is 10.5. The highest BCUT2D eigenvalue weighted by Crippen LogP contribution is 2.02. The molecule has 0 aliphatic heterocycles. The van der Waals surface area contributed by atoms with Gasteiger partial charge in [-0.2, -0.15) is 15.0 Å². The maximum Gasteiger partial charge on any atom is 0.229 e. The zero-order valence-corrected chi connectivity index (χ0v) is 9.35. The summed E-state index contributed by atoms with van der Waals surface area (Å²) in [6.45, 7) is 3.02. The standard InChI is InChI=1S/C8H18N8/c1-16(4-2-9)5-3-12-8-14-6(10)13-7(11)15-8/h2-5,9H2,1H3,(H5,10,11,12,13,14,15). The first-order valence-corrected chi connectivity index (χ1v) is 5.01. The molecule has 0 aliphatic rings. The number of aromatic nitrogens is 3. The number of hydrogen-bond acceptors (Lipinski definition) is 8. The molecular formula is C8H18N8. The Labute approximate surface area is 94.2 Å². The first-order valence-electron chi connectivity index (χ1n) is 5.01. The van der Waals surface area contributed by atoms with Crippen LogP contribution in [0.2, 0.25) is 0 Å². The molecule has 90 valence electrons. The molecule has 7 N–H and O–H groups in total. The van der Waals surface area contributed by atoms with E-state index in [0.29, 0.717) is 19.0 Å². The Balaban J connectivity index is 2.37. The molecule has 0 radical (unpaired) electrons. The highest BCUT2D eigenvalue weighted by molar-refractivity contribution is 5.36. The Morgan fingerprint density at radius 3 is 2.31 bits per heavy atom. The van der Waals surface area contributed by atoms with Crippen molar-refractivity contribution in [2.24, 2.45) is 5.73 Å². The minimum Gasteiger partial charge on any atom is -0.368 e. The second-order valence-corrected chi connectivity index (χ2v) is 3.39. The van der Waals surface area contributed by atoms with Crippen LogP contribution >= 0.6 is 0 Å². The second-order valence-electron chi connectivity index (χ2n) is 3.39. The third kappa shape index (κ3) is 4.24. The van der Waals surface area contributed by atoms with Crippen LogP contribution in [0.5, 0.6) is 0 Å². The molecule has 0 aliphatic carbocycles. The average molecular weight is 226 g/mol. The zero-order valence-electron chi connectivity index (χ0n) is 9.35. The van der Waals surface area contributed by atoms with Crippen molar-refractivity contribution in [1.82, 2.24) is 19.9 Å². The Kier molecular flexibility index (Phi) is 4.67. The number of nitrogens with two attached hydrogens (primary N) is 3. The van der Waals surface area contributed by atoms with Crippen molar-refractivity contribution in [1.29, 1.82) is 0 Å². The second kappa shape index (κ2) is 6.03. The Morgan fingerprint density at radius 2 is 1.75 bits per heavy atom. The summed E-state index contributed by atoms with van der Waals surface area (Å²) in [5.41, 5.74) is 16.3. The van der Waals surface area contributed by atoms with Crippen LogP contribution < -0.4 is 22.5 Å². The maximum atomic E-state index is 5.43. The summed E-state index contributed by atoms with van der Waals surface area (Å²) >= 11 is 0. The minimum atomic E-state index is 0.116. The zero-order chi connectivity index (χ0) is 12.0. The summed E-state index contributed by atoms with van der Waals surface area (Å²) in [5, 5.41) is 3.01. The molecule has 0 fully saturated rings. The smallest absolute Gasteiger partial charge is 0.229 e. The lowest BCUT2D eigenvalue weighted by Gasteiger charge is -2.15. The monoisotopic (exact) mass is 226 g/mol. The van der Waals surface area contributed by atoms with E-state index in [1.807, 2.05) is 7.05 Å². The summed E-state index contributed by atoms with van der Waals surface area (Å²) in [4.78, 5) is 13.6. The number of likely N-dealkylation sites (N-methyl/N-ethyl adjacent to an activating group) is 1. The van der Waals surface area contributed by atoms with E-state index in [9.17, 15) is 0 Å². The van der Waals surface area contributed by atoms with E-state index < -0.39 is 0 Å². The third-order valence-electron chi connectivity index (χ3n) is 1.96. The van der Waals surface area contributed by atoms with E-state index >= 15 is 0 Å². The van der Waals surface area contributed by atoms with E-state index in [4.69, 9.17) is 17.2 Å². The van der Waals surface area contributed by atoms with E-state index in [2.05, 4.69) is 25.2 Å². The highest BCUT2D eigenvalue weighted by atomic mass is 15.2. The number of hydrogen-bond donors (Lipinski definition) is 4. The fourth-order valence-corrected chi connectivity index (χ4v) is 1.18. The van der Waals surface area contributed by atoms with Crippen LogP contribution in [-0.4, -0.2) is 53.1 Å². The molecule has 1 aromatic heterocycles. The Hall–Kier alpha value is -1.67. The van der Waals surface area contributed by atoms with Gasteiger partial charge in [0.05, 0.1) is 0 Å². The highest BCUT2D eigenvalue weighted by Gasteiger charge is 2.01. The van der Waals surface area contributed by atoms with E-state index in [1.165, 1.54) is 0 Å². The first kappa shape index (κ1) is 12.4. The van der Waals surface area contributed by atoms with Crippen LogP contribution in [0.15, 0.2) is 0 Å². The van der Waals surface area contributed by atoms with Gasteiger partial charge in [0.2, 0.25) is 17.8 Å². The molecule has 1 heterocycles. The van der Waals surface area contributed by atoms with Gasteiger partial charge in [-0.25, -0.2) is 0 Å². The molecule has 0 saturated heterocycles. The molecule has 1 rings (SSSR count). The summed E-state index contributed by atoms with van der Waals surface area (Å²) in [6, 6.07) is 0. The van der Waals surface area contributed by atoms with E-state index in [0.717, 1.165) is 13.1 Å². The number of anilines is 3. The molecule has 0 spiro atoms. The van der Waals surface area contributed by atoms with Crippen LogP contribution in [0, 0.1) is 0 Å². The normalized spacial score (nSPS) is 10.7. The Morgan fingerprint density at radius 1 is 1.12 bits per heavy atom. The van der Waals surface area contributed by atoms with Crippen LogP contribution in [0.25, 0.3) is 0 Å². The van der Waals surface area contributed by atoms with Gasteiger partial charge in [-0.15, -0.1) is 0 Å². The first-order chi connectivity index (χ1) is 7.61. The minimum absolute atomic E-state index is 0.116. The molecule has 0 bridgehead atoms. The van der Waals surface area contributed by atoms with E-state index in [1.54, 1.807) is 0 Å². The molecule has 0 aromatic carbocycles. The molecule has 0 saturated carbocycles. The summed E-state index contributed by atoms with van der Waals surface area (Å²) < 4.78 is 0. The molecule has 1 aromatic rings. The van der Waals surface area contributed by atoms with Gasteiger partial charge < -0.3 is 27.4 Å². The quantitative estimate of drug-likeness (QED) is 0.453. The lowest BCUT2D eigenvalue weighted by molar-refractivity contribution is 0.356. The summed E-state index contributed by atoms with van der Waals surface area (Å²) in [5.74, 6) is 0.627. The Bertz CT molecular complexity index is 308. The number of nitrogens with zero attached hydrogens (tertiary/aromatic N) is 4. The SMILES string of the molecule is CN(CCN)CCNc1nc(N)nc(N)n1. The molecule has 16 heavy (non-hydrogen) atoms. The van der Waals surface area contributed by atoms with Gasteiger partial charge in [-0.3, -0.25) is 0 Å². The average Bonchev–Trinajstić information content (AvgIpc) is 2.16. The van der Waals surface area contributed by atoms with Crippen molar-refractivity contribution in [3.05, 3.63) is 0 Å². The van der Waals surface area contributed by atoms with Gasteiger partial charge in [-0.1, -0.05) is 0 Å². The number of nitrogen functional groups attached to an aromatic ring is 2. The van der Waals surface area contributed by atoms with Crippen molar-refractivity contribution in [2.75, 3.05) is 50.0 Å². The van der Waals surface area contributed by atoms with Crippen molar-refractivity contribution >= 4 is 17.8 Å². The van der Waals surface area contributed by atoms with Crippen molar-refractivity contribution in [3.8, 4) is 0 Å². The third-order valence-corrected chi connectivity index (χ3v) is 1.96. The summed E-state index contributed by atoms with van der Waals surface area (Å²) in [6.07, 6.45) is 0. The van der Waals surface area contributed by atoms with Crippen LogP contribution in [-0.2, 0) is 0 Å². The van der Waals surface area contributed by atoms with Crippen molar-refractivity contribution in [3.63, 3.8) is 0 Å². The molecule has 8 heteroatoms. The topological polar surface area (TPSA) is 132 Å². The molecule has 8 nitrogen and oxygen atoms in total. The van der Waals surface area contributed by atoms with E-state index in [-0.39, 0.29) is 11.9 Å². The van der Waals surface area contributed by atoms with Crippen molar-refractivity contribution < 1.29 is 0 Å². The molecular weight excluding hydrogens is 208 g/mol. The van der Waals surface area contributed by atoms with Gasteiger partial charge >= 0.3 is 0 Å². The summed E-state index contributed by atoms with van der Waals surface area (Å²) in [7, 11) is 1.99. The predicted octanol–water partition coefficient (Wildman–Crippen LogP) is -1.66. The fraction of sp³-hybridized carbons (Fsp3) is 0.625. The van der Waals surface area contributed by atoms with Crippen molar-refractivity contribution in [2.45, 2.75) is 0 Å². The van der Waals surface area contributed by atoms with Gasteiger partial charge in [0.25, 0.3) is 0 Å². The molecule has 0 amide bonds. The number of nitrogens with one attached hydrogen (secondary N) is 1. The predicted molar refractivity (Wildman–Crippen MR) is 63.7 cm³/mol. The molecule has 0 atom stereocenters. The van der Waals surface area contributed by atoms with Gasteiger partial charge in [0.1, 0.15) is 0 Å². The van der Waals surface area contributed by atoms with Gasteiger partial charge in [0.15, 0.2) is 0 Å².